The average molecular weight is 196 g/mol. The zero-order chi connectivity index (χ0) is 9.80. The first kappa shape index (κ1) is 9.48. The largest absolute Gasteiger partial charge is 0.323 e. The van der Waals surface area contributed by atoms with Crippen LogP contribution in [0, 0.1) is 0 Å². The number of aromatic nitrogens is 2. The molecule has 0 atom stereocenters. The number of aromatic amines is 2. The van der Waals surface area contributed by atoms with E-state index in [1.165, 1.54) is 0 Å². The van der Waals surface area contributed by atoms with Gasteiger partial charge in [-0.15, -0.1) is 0 Å². The van der Waals surface area contributed by atoms with E-state index in [1.54, 1.807) is 6.20 Å². The van der Waals surface area contributed by atoms with Crippen molar-refractivity contribution in [2.45, 2.75) is 6.42 Å². The molecule has 0 bridgehead atoms. The van der Waals surface area contributed by atoms with Crippen LogP contribution >= 0.6 is 0 Å². The Kier molecular flexibility index (Phi) is 3.00. The molecule has 2 heterocycles. The second-order valence-electron chi connectivity index (χ2n) is 3.61. The lowest BCUT2D eigenvalue weighted by Crippen LogP contribution is -2.44. The minimum atomic E-state index is -0.111. The predicted octanol–water partition coefficient (Wildman–Crippen LogP) is -0.849. The van der Waals surface area contributed by atoms with Crippen LogP contribution in [0.25, 0.3) is 0 Å². The molecule has 0 aromatic carbocycles. The Morgan fingerprint density at radius 2 is 2.14 bits per heavy atom. The number of piperazine rings is 1. The van der Waals surface area contributed by atoms with Gasteiger partial charge in [0, 0.05) is 51.0 Å². The first-order chi connectivity index (χ1) is 6.84. The van der Waals surface area contributed by atoms with Crippen molar-refractivity contribution in [1.29, 1.82) is 0 Å². The van der Waals surface area contributed by atoms with Crippen molar-refractivity contribution in [2.24, 2.45) is 0 Å². The monoisotopic (exact) mass is 196 g/mol. The lowest BCUT2D eigenvalue weighted by atomic mass is 10.3. The van der Waals surface area contributed by atoms with Gasteiger partial charge < -0.3 is 20.2 Å². The van der Waals surface area contributed by atoms with E-state index in [9.17, 15) is 4.79 Å². The molecule has 1 fully saturated rings. The van der Waals surface area contributed by atoms with Gasteiger partial charge in [-0.2, -0.15) is 0 Å². The van der Waals surface area contributed by atoms with E-state index in [0.717, 1.165) is 44.8 Å². The molecule has 5 heteroatoms. The summed E-state index contributed by atoms with van der Waals surface area (Å²) in [5, 5.41) is 3.31. The van der Waals surface area contributed by atoms with Crippen molar-refractivity contribution in [3.05, 3.63) is 22.4 Å². The maximum absolute atomic E-state index is 10.8. The van der Waals surface area contributed by atoms with Gasteiger partial charge in [0.15, 0.2) is 0 Å². The summed E-state index contributed by atoms with van der Waals surface area (Å²) >= 11 is 0. The van der Waals surface area contributed by atoms with Gasteiger partial charge in [0.2, 0.25) is 0 Å². The van der Waals surface area contributed by atoms with Gasteiger partial charge in [0.25, 0.3) is 0 Å². The van der Waals surface area contributed by atoms with Crippen molar-refractivity contribution in [3.63, 3.8) is 0 Å². The standard InChI is InChI=1S/C9H16N4O/c14-9-11-7-8(12-9)1-4-13-5-2-10-3-6-13/h7,10H,1-6H2,(H2,11,12,14). The molecule has 0 radical (unpaired) electrons. The first-order valence-corrected chi connectivity index (χ1v) is 5.04. The molecular weight excluding hydrogens is 180 g/mol. The summed E-state index contributed by atoms with van der Waals surface area (Å²) in [4.78, 5) is 18.6. The van der Waals surface area contributed by atoms with E-state index < -0.39 is 0 Å². The zero-order valence-electron chi connectivity index (χ0n) is 8.18. The Morgan fingerprint density at radius 1 is 1.36 bits per heavy atom. The molecular formula is C9H16N4O. The molecule has 0 spiro atoms. The van der Waals surface area contributed by atoms with Crippen molar-refractivity contribution in [1.82, 2.24) is 20.2 Å². The van der Waals surface area contributed by atoms with Crippen LogP contribution in [0.2, 0.25) is 0 Å². The van der Waals surface area contributed by atoms with Gasteiger partial charge in [-0.05, 0) is 0 Å². The van der Waals surface area contributed by atoms with Crippen LogP contribution in [-0.4, -0.2) is 47.6 Å². The fraction of sp³-hybridized carbons (Fsp3) is 0.667. The summed E-state index contributed by atoms with van der Waals surface area (Å²) < 4.78 is 0. The summed E-state index contributed by atoms with van der Waals surface area (Å²) in [6, 6.07) is 0. The number of rotatable bonds is 3. The van der Waals surface area contributed by atoms with E-state index in [1.807, 2.05) is 0 Å². The van der Waals surface area contributed by atoms with E-state index in [-0.39, 0.29) is 5.69 Å². The van der Waals surface area contributed by atoms with E-state index in [0.29, 0.717) is 0 Å². The van der Waals surface area contributed by atoms with Crippen LogP contribution in [0.5, 0.6) is 0 Å². The minimum Gasteiger partial charge on any atom is -0.314 e. The van der Waals surface area contributed by atoms with Gasteiger partial charge in [-0.25, -0.2) is 4.79 Å². The van der Waals surface area contributed by atoms with Crippen LogP contribution in [-0.2, 0) is 6.42 Å². The zero-order valence-corrected chi connectivity index (χ0v) is 8.18. The molecule has 1 saturated heterocycles. The molecule has 1 aromatic heterocycles. The molecule has 78 valence electrons. The molecule has 1 aromatic rings. The van der Waals surface area contributed by atoms with Crippen LogP contribution in [0.4, 0.5) is 0 Å². The lowest BCUT2D eigenvalue weighted by Gasteiger charge is -2.26. The van der Waals surface area contributed by atoms with Crippen LogP contribution < -0.4 is 11.0 Å². The highest BCUT2D eigenvalue weighted by molar-refractivity contribution is 4.95. The molecule has 0 amide bonds. The van der Waals surface area contributed by atoms with Gasteiger partial charge in [-0.1, -0.05) is 0 Å². The molecule has 1 aliphatic heterocycles. The smallest absolute Gasteiger partial charge is 0.314 e. The van der Waals surface area contributed by atoms with E-state index >= 15 is 0 Å². The Balaban J connectivity index is 1.78. The highest BCUT2D eigenvalue weighted by Gasteiger charge is 2.09. The number of imidazole rings is 1. The van der Waals surface area contributed by atoms with Crippen molar-refractivity contribution in [3.8, 4) is 0 Å². The first-order valence-electron chi connectivity index (χ1n) is 5.04. The van der Waals surface area contributed by atoms with E-state index in [2.05, 4.69) is 20.2 Å². The van der Waals surface area contributed by atoms with Crippen LogP contribution in [0.1, 0.15) is 5.69 Å². The molecule has 5 nitrogen and oxygen atoms in total. The lowest BCUT2D eigenvalue weighted by molar-refractivity contribution is 0.243. The topological polar surface area (TPSA) is 63.9 Å². The van der Waals surface area contributed by atoms with Crippen molar-refractivity contribution in [2.75, 3.05) is 32.7 Å². The summed E-state index contributed by atoms with van der Waals surface area (Å²) in [6.45, 7) is 5.38. The fourth-order valence-corrected chi connectivity index (χ4v) is 1.72. The normalized spacial score (nSPS) is 18.6. The second-order valence-corrected chi connectivity index (χ2v) is 3.61. The Bertz CT molecular complexity index is 324. The molecule has 3 N–H and O–H groups in total. The summed E-state index contributed by atoms with van der Waals surface area (Å²) in [5.74, 6) is 0. The quantitative estimate of drug-likeness (QED) is 0.590. The maximum atomic E-state index is 10.8. The highest BCUT2D eigenvalue weighted by atomic mass is 16.1. The van der Waals surface area contributed by atoms with Crippen LogP contribution in [0.15, 0.2) is 11.0 Å². The molecule has 0 saturated carbocycles. The van der Waals surface area contributed by atoms with Gasteiger partial charge in [0.05, 0.1) is 0 Å². The highest BCUT2D eigenvalue weighted by Crippen LogP contribution is 1.96. The number of hydrogen-bond acceptors (Lipinski definition) is 3. The third-order valence-corrected chi connectivity index (χ3v) is 2.56. The molecule has 14 heavy (non-hydrogen) atoms. The average Bonchev–Trinajstić information content (AvgIpc) is 2.63. The second kappa shape index (κ2) is 4.43. The molecule has 0 aliphatic carbocycles. The number of hydrogen-bond donors (Lipinski definition) is 3. The Morgan fingerprint density at radius 3 is 2.79 bits per heavy atom. The Hall–Kier alpha value is -1.07. The summed E-state index contributed by atoms with van der Waals surface area (Å²) in [6.07, 6.45) is 2.67. The molecule has 0 unspecified atom stereocenters. The predicted molar refractivity (Wildman–Crippen MR) is 54.4 cm³/mol. The third-order valence-electron chi connectivity index (χ3n) is 2.56. The minimum absolute atomic E-state index is 0.111. The van der Waals surface area contributed by atoms with Crippen molar-refractivity contribution >= 4 is 0 Å². The SMILES string of the molecule is O=c1[nH]cc(CCN2CCNCC2)[nH]1. The van der Waals surface area contributed by atoms with Gasteiger partial charge in [-0.3, -0.25) is 0 Å². The number of nitrogens with one attached hydrogen (secondary N) is 3. The number of nitrogens with zero attached hydrogens (tertiary/aromatic N) is 1. The Labute approximate surface area is 82.5 Å². The van der Waals surface area contributed by atoms with Crippen molar-refractivity contribution < 1.29 is 0 Å². The van der Waals surface area contributed by atoms with E-state index in [4.69, 9.17) is 0 Å². The molecule has 1 aliphatic rings. The van der Waals surface area contributed by atoms with Gasteiger partial charge >= 0.3 is 5.69 Å². The number of H-pyrrole nitrogens is 2. The third kappa shape index (κ3) is 2.46. The fourth-order valence-electron chi connectivity index (χ4n) is 1.72. The molecule has 2 rings (SSSR count). The maximum Gasteiger partial charge on any atom is 0.323 e. The summed E-state index contributed by atoms with van der Waals surface area (Å²) in [7, 11) is 0. The summed E-state index contributed by atoms with van der Waals surface area (Å²) in [5.41, 5.74) is 0.883. The van der Waals surface area contributed by atoms with Crippen LogP contribution in [0.3, 0.4) is 0 Å². The van der Waals surface area contributed by atoms with Gasteiger partial charge in [0.1, 0.15) is 0 Å².